The van der Waals surface area contributed by atoms with Crippen LogP contribution >= 0.6 is 0 Å². The van der Waals surface area contributed by atoms with Gasteiger partial charge in [-0.3, -0.25) is 4.79 Å². The Hall–Kier alpha value is -1.70. The van der Waals surface area contributed by atoms with Crippen LogP contribution in [-0.4, -0.2) is 66.9 Å². The maximum absolute atomic E-state index is 12.4. The molecule has 23 heavy (non-hydrogen) atoms. The summed E-state index contributed by atoms with van der Waals surface area (Å²) in [5.41, 5.74) is 0. The number of piperazine rings is 1. The average molecular weight is 338 g/mol. The number of rotatable bonds is 3. The van der Waals surface area contributed by atoms with Crippen molar-refractivity contribution in [2.45, 2.75) is 19.3 Å². The van der Waals surface area contributed by atoms with E-state index in [9.17, 15) is 13.2 Å². The Balaban J connectivity index is 1.47. The molecule has 2 fully saturated rings. The zero-order valence-corrected chi connectivity index (χ0v) is 13.9. The van der Waals surface area contributed by atoms with Crippen molar-refractivity contribution in [1.29, 1.82) is 0 Å². The topological polar surface area (TPSA) is 83.5 Å². The largest absolute Gasteiger partial charge is 0.339 e. The minimum atomic E-state index is -2.86. The molecule has 0 unspecified atom stereocenters. The van der Waals surface area contributed by atoms with Crippen molar-refractivity contribution in [2.24, 2.45) is 5.92 Å². The normalized spacial score (nSPS) is 22.1. The summed E-state index contributed by atoms with van der Waals surface area (Å²) in [6, 6.07) is 1.79. The van der Waals surface area contributed by atoms with Crippen LogP contribution in [0.3, 0.4) is 0 Å². The van der Waals surface area contributed by atoms with E-state index in [1.807, 2.05) is 4.90 Å². The van der Waals surface area contributed by atoms with Gasteiger partial charge in [0.25, 0.3) is 0 Å². The molecular weight excluding hydrogens is 316 g/mol. The quantitative estimate of drug-likeness (QED) is 0.790. The van der Waals surface area contributed by atoms with E-state index in [0.717, 1.165) is 13.1 Å². The molecule has 126 valence electrons. The van der Waals surface area contributed by atoms with E-state index in [-0.39, 0.29) is 23.3 Å². The highest BCUT2D eigenvalue weighted by Crippen LogP contribution is 2.23. The lowest BCUT2D eigenvalue weighted by molar-refractivity contribution is -0.132. The van der Waals surface area contributed by atoms with E-state index >= 15 is 0 Å². The summed E-state index contributed by atoms with van der Waals surface area (Å²) in [7, 11) is -2.86. The number of carbonyl (C=O) groups excluding carboxylic acids is 1. The smallest absolute Gasteiger partial charge is 0.225 e. The zero-order chi connectivity index (χ0) is 16.3. The van der Waals surface area contributed by atoms with Gasteiger partial charge in [0.05, 0.1) is 11.5 Å². The highest BCUT2D eigenvalue weighted by atomic mass is 32.2. The van der Waals surface area contributed by atoms with E-state index < -0.39 is 9.84 Å². The maximum atomic E-state index is 12.4. The second-order valence-corrected chi connectivity index (χ2v) is 8.52. The molecule has 3 heterocycles. The molecule has 8 heteroatoms. The summed E-state index contributed by atoms with van der Waals surface area (Å²) in [5.74, 6) is 1.51. The van der Waals surface area contributed by atoms with Crippen molar-refractivity contribution >= 4 is 21.7 Å². The molecule has 7 nitrogen and oxygen atoms in total. The molecule has 0 atom stereocenters. The summed E-state index contributed by atoms with van der Waals surface area (Å²) in [4.78, 5) is 24.8. The Kier molecular flexibility index (Phi) is 4.79. The van der Waals surface area contributed by atoms with Crippen LogP contribution in [0.5, 0.6) is 0 Å². The molecule has 1 amide bonds. The molecule has 2 aliphatic heterocycles. The summed E-state index contributed by atoms with van der Waals surface area (Å²) in [6.07, 6.45) is 5.14. The fourth-order valence-electron chi connectivity index (χ4n) is 3.13. The van der Waals surface area contributed by atoms with E-state index in [2.05, 4.69) is 14.9 Å². The van der Waals surface area contributed by atoms with Gasteiger partial charge in [0.15, 0.2) is 0 Å². The average Bonchev–Trinajstić information content (AvgIpc) is 2.58. The van der Waals surface area contributed by atoms with Gasteiger partial charge < -0.3 is 9.80 Å². The predicted molar refractivity (Wildman–Crippen MR) is 86.8 cm³/mol. The Bertz CT molecular complexity index is 628. The maximum Gasteiger partial charge on any atom is 0.225 e. The summed E-state index contributed by atoms with van der Waals surface area (Å²) < 4.78 is 22.9. The number of anilines is 1. The van der Waals surface area contributed by atoms with Gasteiger partial charge in [-0.25, -0.2) is 18.4 Å². The minimum Gasteiger partial charge on any atom is -0.339 e. The third kappa shape index (κ3) is 4.19. The van der Waals surface area contributed by atoms with E-state index in [4.69, 9.17) is 0 Å². The highest BCUT2D eigenvalue weighted by Gasteiger charge is 2.28. The number of hydrogen-bond donors (Lipinski definition) is 0. The van der Waals surface area contributed by atoms with Crippen molar-refractivity contribution in [3.8, 4) is 0 Å². The first kappa shape index (κ1) is 16.2. The van der Waals surface area contributed by atoms with Crippen molar-refractivity contribution in [3.05, 3.63) is 18.5 Å². The SMILES string of the molecule is O=C(CC1CCS(=O)(=O)CC1)N1CCN(c2ncccn2)CC1. The fraction of sp³-hybridized carbons (Fsp3) is 0.667. The zero-order valence-electron chi connectivity index (χ0n) is 13.1. The van der Waals surface area contributed by atoms with Crippen molar-refractivity contribution in [2.75, 3.05) is 42.6 Å². The lowest BCUT2D eigenvalue weighted by Gasteiger charge is -2.35. The molecule has 0 radical (unpaired) electrons. The van der Waals surface area contributed by atoms with Crippen molar-refractivity contribution < 1.29 is 13.2 Å². The van der Waals surface area contributed by atoms with Gasteiger partial charge in [0.1, 0.15) is 9.84 Å². The second kappa shape index (κ2) is 6.82. The molecule has 0 saturated carbocycles. The molecular formula is C15H22N4O3S. The van der Waals surface area contributed by atoms with Gasteiger partial charge >= 0.3 is 0 Å². The van der Waals surface area contributed by atoms with E-state index in [1.165, 1.54) is 0 Å². The molecule has 2 aliphatic rings. The standard InChI is InChI=1S/C15H22N4O3S/c20-14(12-13-2-10-23(21,22)11-3-13)18-6-8-19(9-7-18)15-16-4-1-5-17-15/h1,4-5,13H,2-3,6-12H2. The molecule has 0 bridgehead atoms. The van der Waals surface area contributed by atoms with Crippen LogP contribution in [0.4, 0.5) is 5.95 Å². The third-order valence-electron chi connectivity index (χ3n) is 4.60. The van der Waals surface area contributed by atoms with Crippen LogP contribution in [-0.2, 0) is 14.6 Å². The van der Waals surface area contributed by atoms with Gasteiger partial charge in [-0.2, -0.15) is 0 Å². The molecule has 1 aromatic rings. The number of nitrogens with zero attached hydrogens (tertiary/aromatic N) is 4. The number of aromatic nitrogens is 2. The first-order chi connectivity index (χ1) is 11.0. The van der Waals surface area contributed by atoms with Gasteiger partial charge in [-0.05, 0) is 24.8 Å². The van der Waals surface area contributed by atoms with E-state index in [0.29, 0.717) is 38.3 Å². The molecule has 0 spiro atoms. The Morgan fingerprint density at radius 1 is 1.09 bits per heavy atom. The van der Waals surface area contributed by atoms with Crippen LogP contribution in [0.2, 0.25) is 0 Å². The highest BCUT2D eigenvalue weighted by molar-refractivity contribution is 7.91. The number of sulfone groups is 1. The Morgan fingerprint density at radius 2 is 1.70 bits per heavy atom. The lowest BCUT2D eigenvalue weighted by atomic mass is 9.98. The van der Waals surface area contributed by atoms with E-state index in [1.54, 1.807) is 18.5 Å². The molecule has 3 rings (SSSR count). The Morgan fingerprint density at radius 3 is 2.30 bits per heavy atom. The Labute approximate surface area is 136 Å². The first-order valence-corrected chi connectivity index (χ1v) is 9.86. The summed E-state index contributed by atoms with van der Waals surface area (Å²) in [6.45, 7) is 2.80. The second-order valence-electron chi connectivity index (χ2n) is 6.22. The van der Waals surface area contributed by atoms with Gasteiger partial charge in [0, 0.05) is 45.0 Å². The number of hydrogen-bond acceptors (Lipinski definition) is 6. The minimum absolute atomic E-state index is 0.142. The lowest BCUT2D eigenvalue weighted by Crippen LogP contribution is -2.49. The fourth-order valence-corrected chi connectivity index (χ4v) is 4.72. The van der Waals surface area contributed by atoms with Crippen LogP contribution < -0.4 is 4.90 Å². The van der Waals surface area contributed by atoms with Crippen LogP contribution in [0.1, 0.15) is 19.3 Å². The molecule has 2 saturated heterocycles. The van der Waals surface area contributed by atoms with Crippen LogP contribution in [0, 0.1) is 5.92 Å². The molecule has 1 aromatic heterocycles. The molecule has 0 aromatic carbocycles. The molecule has 0 N–H and O–H groups in total. The van der Waals surface area contributed by atoms with Crippen molar-refractivity contribution in [3.63, 3.8) is 0 Å². The summed E-state index contributed by atoms with van der Waals surface area (Å²) >= 11 is 0. The van der Waals surface area contributed by atoms with Gasteiger partial charge in [-0.1, -0.05) is 0 Å². The summed E-state index contributed by atoms with van der Waals surface area (Å²) in [5, 5.41) is 0. The first-order valence-electron chi connectivity index (χ1n) is 8.04. The van der Waals surface area contributed by atoms with Crippen LogP contribution in [0.15, 0.2) is 18.5 Å². The predicted octanol–water partition coefficient (Wildman–Crippen LogP) is 0.340. The van der Waals surface area contributed by atoms with Crippen molar-refractivity contribution in [1.82, 2.24) is 14.9 Å². The third-order valence-corrected chi connectivity index (χ3v) is 6.32. The van der Waals surface area contributed by atoms with Crippen LogP contribution in [0.25, 0.3) is 0 Å². The van der Waals surface area contributed by atoms with Gasteiger partial charge in [-0.15, -0.1) is 0 Å². The number of amides is 1. The van der Waals surface area contributed by atoms with Gasteiger partial charge in [0.2, 0.25) is 11.9 Å². The monoisotopic (exact) mass is 338 g/mol. The number of carbonyl (C=O) groups is 1. The molecule has 0 aliphatic carbocycles.